The fourth-order valence-electron chi connectivity index (χ4n) is 3.97. The van der Waals surface area contributed by atoms with Crippen molar-refractivity contribution in [2.45, 2.75) is 71.3 Å². The van der Waals surface area contributed by atoms with E-state index >= 15 is 0 Å². The van der Waals surface area contributed by atoms with Gasteiger partial charge in [0.2, 0.25) is 0 Å². The average molecular weight is 423 g/mol. The molecule has 3 nitrogen and oxygen atoms in total. The van der Waals surface area contributed by atoms with Gasteiger partial charge >= 0.3 is 0 Å². The molecule has 168 valence electrons. The summed E-state index contributed by atoms with van der Waals surface area (Å²) in [5, 5.41) is 0. The van der Waals surface area contributed by atoms with E-state index in [9.17, 15) is 8.78 Å². The van der Waals surface area contributed by atoms with Crippen LogP contribution in [0.1, 0.15) is 65.2 Å². The second kappa shape index (κ2) is 12.7. The van der Waals surface area contributed by atoms with Gasteiger partial charge in [0.05, 0.1) is 19.0 Å². The zero-order chi connectivity index (χ0) is 21.9. The molecular weight excluding hydrogens is 386 g/mol. The number of methoxy groups -OCH3 is 1. The Morgan fingerprint density at radius 2 is 1.90 bits per heavy atom. The van der Waals surface area contributed by atoms with E-state index in [0.29, 0.717) is 43.8 Å². The van der Waals surface area contributed by atoms with Crippen LogP contribution in [0.4, 0.5) is 8.78 Å². The standard InChI is InChI=1S/C23H30F2O3.C2H6/c1-3-4-5-16-6-9-19(27-14-16)15-28-18-10-7-17(8-11-18)20-12-13-21(26-2)23(25)22(20)24;1-2/h3,7,10,16,19H,1,4-6,8-9,11-15H2,2H3;1-2H3. The Balaban J connectivity index is 0.00000155. The fraction of sp³-hybridized carbons (Fsp3) is 0.600. The highest BCUT2D eigenvalue weighted by molar-refractivity contribution is 5.45. The zero-order valence-electron chi connectivity index (χ0n) is 18.6. The number of hydrogen-bond acceptors (Lipinski definition) is 3. The molecule has 1 saturated heterocycles. The van der Waals surface area contributed by atoms with Crippen molar-refractivity contribution in [3.05, 3.63) is 59.1 Å². The summed E-state index contributed by atoms with van der Waals surface area (Å²) in [6, 6.07) is 0. The normalized spacial score (nSPS) is 24.4. The van der Waals surface area contributed by atoms with Crippen LogP contribution in [0.25, 0.3) is 0 Å². The van der Waals surface area contributed by atoms with Crippen LogP contribution in [0, 0.1) is 5.92 Å². The monoisotopic (exact) mass is 422 g/mol. The quantitative estimate of drug-likeness (QED) is 0.386. The minimum absolute atomic E-state index is 0.0939. The van der Waals surface area contributed by atoms with Crippen molar-refractivity contribution >= 4 is 0 Å². The zero-order valence-corrected chi connectivity index (χ0v) is 18.6. The molecule has 0 radical (unpaired) electrons. The van der Waals surface area contributed by atoms with Crippen LogP contribution in [-0.2, 0) is 14.2 Å². The van der Waals surface area contributed by atoms with Crippen LogP contribution < -0.4 is 0 Å². The van der Waals surface area contributed by atoms with E-state index in [1.807, 2.05) is 32.1 Å². The molecule has 3 aliphatic rings. The number of rotatable bonds is 8. The molecule has 30 heavy (non-hydrogen) atoms. The molecule has 5 heteroatoms. The molecular formula is C25H36F2O3. The van der Waals surface area contributed by atoms with Crippen LogP contribution >= 0.6 is 0 Å². The van der Waals surface area contributed by atoms with Gasteiger partial charge in [-0.2, -0.15) is 0 Å². The van der Waals surface area contributed by atoms with Gasteiger partial charge in [-0.15, -0.1) is 6.58 Å². The number of allylic oxidation sites excluding steroid dienone is 9. The van der Waals surface area contributed by atoms with Crippen molar-refractivity contribution in [2.24, 2.45) is 5.92 Å². The number of ether oxygens (including phenoxy) is 3. The average Bonchev–Trinajstić information content (AvgIpc) is 2.80. The summed E-state index contributed by atoms with van der Waals surface area (Å²) in [4.78, 5) is 0. The Bertz CT molecular complexity index is 695. The first-order valence-electron chi connectivity index (χ1n) is 11.2. The van der Waals surface area contributed by atoms with E-state index in [4.69, 9.17) is 14.2 Å². The third kappa shape index (κ3) is 6.56. The second-order valence-corrected chi connectivity index (χ2v) is 7.63. The van der Waals surface area contributed by atoms with E-state index in [0.717, 1.165) is 37.2 Å². The molecule has 0 saturated carbocycles. The van der Waals surface area contributed by atoms with E-state index in [1.54, 1.807) is 0 Å². The van der Waals surface area contributed by atoms with Gasteiger partial charge < -0.3 is 14.2 Å². The molecule has 0 spiro atoms. The predicted octanol–water partition coefficient (Wildman–Crippen LogP) is 7.24. The van der Waals surface area contributed by atoms with E-state index in [2.05, 4.69) is 6.58 Å². The lowest BCUT2D eigenvalue weighted by Gasteiger charge is -2.29. The van der Waals surface area contributed by atoms with Gasteiger partial charge in [0.25, 0.3) is 0 Å². The van der Waals surface area contributed by atoms with Gasteiger partial charge in [0.1, 0.15) is 12.4 Å². The first-order valence-corrected chi connectivity index (χ1v) is 11.2. The van der Waals surface area contributed by atoms with Crippen molar-refractivity contribution < 1.29 is 23.0 Å². The molecule has 0 amide bonds. The summed E-state index contributed by atoms with van der Waals surface area (Å²) >= 11 is 0. The molecule has 0 aromatic rings. The highest BCUT2D eigenvalue weighted by Gasteiger charge is 2.26. The van der Waals surface area contributed by atoms with Gasteiger partial charge in [-0.3, -0.25) is 0 Å². The van der Waals surface area contributed by atoms with Crippen LogP contribution in [0.2, 0.25) is 0 Å². The van der Waals surface area contributed by atoms with Crippen molar-refractivity contribution in [1.82, 2.24) is 0 Å². The van der Waals surface area contributed by atoms with Crippen LogP contribution in [0.3, 0.4) is 0 Å². The van der Waals surface area contributed by atoms with Gasteiger partial charge in [0, 0.05) is 19.4 Å². The van der Waals surface area contributed by atoms with Crippen molar-refractivity contribution in [1.29, 1.82) is 0 Å². The van der Waals surface area contributed by atoms with Crippen molar-refractivity contribution in [3.63, 3.8) is 0 Å². The molecule has 2 aliphatic carbocycles. The number of halogens is 2. The SMILES string of the molecule is C=CCCC1CCC(COC2=CC=C(C3=C(F)C(F)=C(OC)CC3)CC2)OC1.CC. The van der Waals surface area contributed by atoms with E-state index < -0.39 is 11.7 Å². The molecule has 3 rings (SSSR count). The Morgan fingerprint density at radius 1 is 1.10 bits per heavy atom. The molecule has 0 N–H and O–H groups in total. The molecule has 2 atom stereocenters. The molecule has 2 unspecified atom stereocenters. The Kier molecular flexibility index (Phi) is 10.4. The highest BCUT2D eigenvalue weighted by Crippen LogP contribution is 2.38. The first-order chi connectivity index (χ1) is 14.6. The lowest BCUT2D eigenvalue weighted by molar-refractivity contribution is -0.0512. The van der Waals surface area contributed by atoms with Crippen molar-refractivity contribution in [2.75, 3.05) is 20.3 Å². The third-order valence-electron chi connectivity index (χ3n) is 5.75. The fourth-order valence-corrected chi connectivity index (χ4v) is 3.97. The number of hydrogen-bond donors (Lipinski definition) is 0. The summed E-state index contributed by atoms with van der Waals surface area (Å²) in [5.41, 5.74) is 1.30. The summed E-state index contributed by atoms with van der Waals surface area (Å²) < 4.78 is 45.0. The van der Waals surface area contributed by atoms with Crippen LogP contribution in [0.15, 0.2) is 59.1 Å². The van der Waals surface area contributed by atoms with Crippen molar-refractivity contribution in [3.8, 4) is 0 Å². The minimum Gasteiger partial charge on any atom is -0.498 e. The smallest absolute Gasteiger partial charge is 0.196 e. The third-order valence-corrected chi connectivity index (χ3v) is 5.75. The van der Waals surface area contributed by atoms with Gasteiger partial charge in [-0.25, -0.2) is 8.78 Å². The summed E-state index contributed by atoms with van der Waals surface area (Å²) in [7, 11) is 1.37. The van der Waals surface area contributed by atoms with E-state index in [1.165, 1.54) is 13.5 Å². The van der Waals surface area contributed by atoms with Gasteiger partial charge in [-0.1, -0.05) is 26.0 Å². The highest BCUT2D eigenvalue weighted by atomic mass is 19.2. The Morgan fingerprint density at radius 3 is 2.50 bits per heavy atom. The largest absolute Gasteiger partial charge is 0.498 e. The summed E-state index contributed by atoms with van der Waals surface area (Å²) in [6.45, 7) is 9.11. The maximum Gasteiger partial charge on any atom is 0.196 e. The lowest BCUT2D eigenvalue weighted by Crippen LogP contribution is -2.29. The summed E-state index contributed by atoms with van der Waals surface area (Å²) in [6.07, 6.45) is 12.4. The minimum atomic E-state index is -0.864. The molecule has 0 aromatic carbocycles. The summed E-state index contributed by atoms with van der Waals surface area (Å²) in [5.74, 6) is -0.0476. The molecule has 1 fully saturated rings. The predicted molar refractivity (Wildman–Crippen MR) is 117 cm³/mol. The second-order valence-electron chi connectivity index (χ2n) is 7.63. The topological polar surface area (TPSA) is 27.7 Å². The first kappa shape index (κ1) is 24.4. The maximum absolute atomic E-state index is 14.3. The lowest BCUT2D eigenvalue weighted by atomic mass is 9.89. The van der Waals surface area contributed by atoms with Gasteiger partial charge in [-0.05, 0) is 61.7 Å². The maximum atomic E-state index is 14.3. The molecule has 0 aromatic heterocycles. The molecule has 0 bridgehead atoms. The van der Waals surface area contributed by atoms with Gasteiger partial charge in [0.15, 0.2) is 11.7 Å². The molecule has 1 aliphatic heterocycles. The molecule has 1 heterocycles. The Hall–Kier alpha value is -1.88. The van der Waals surface area contributed by atoms with Crippen LogP contribution in [-0.4, -0.2) is 26.4 Å². The van der Waals surface area contributed by atoms with E-state index in [-0.39, 0.29) is 11.9 Å². The van der Waals surface area contributed by atoms with Crippen LogP contribution in [0.5, 0.6) is 0 Å². The Labute approximate surface area is 180 Å².